The average Bonchev–Trinajstić information content (AvgIpc) is 2.53. The van der Waals surface area contributed by atoms with Gasteiger partial charge in [0, 0.05) is 10.6 Å². The summed E-state index contributed by atoms with van der Waals surface area (Å²) < 4.78 is 5.99. The maximum atomic E-state index is 11.9. The van der Waals surface area contributed by atoms with Crippen LogP contribution in [0.3, 0.4) is 0 Å². The predicted octanol–water partition coefficient (Wildman–Crippen LogP) is 3.81. The Bertz CT molecular complexity index is 733. The molecule has 0 spiro atoms. The second kappa shape index (κ2) is 8.16. The van der Waals surface area contributed by atoms with Crippen LogP contribution >= 0.6 is 34.2 Å². The molecule has 2 rings (SSSR count). The third-order valence-corrected chi connectivity index (χ3v) is 3.91. The third-order valence-electron chi connectivity index (χ3n) is 2.84. The average molecular weight is 445 g/mol. The smallest absolute Gasteiger partial charge is 0.271 e. The van der Waals surface area contributed by atoms with Crippen molar-refractivity contribution in [3.05, 3.63) is 56.1 Å². The second-order valence-electron chi connectivity index (χ2n) is 4.49. The fourth-order valence-electron chi connectivity index (χ4n) is 1.77. The van der Waals surface area contributed by atoms with Crippen LogP contribution in [0.25, 0.3) is 0 Å². The zero-order valence-corrected chi connectivity index (χ0v) is 15.1. The maximum absolute atomic E-state index is 11.9. The van der Waals surface area contributed by atoms with Crippen molar-refractivity contribution in [2.45, 2.75) is 6.92 Å². The molecule has 0 saturated carbocycles. The first-order valence-corrected chi connectivity index (χ1v) is 8.21. The van der Waals surface area contributed by atoms with Crippen LogP contribution in [-0.2, 0) is 0 Å². The highest BCUT2D eigenvalue weighted by Gasteiger charge is 2.08. The summed E-state index contributed by atoms with van der Waals surface area (Å²) in [5, 5.41) is 14.4. The van der Waals surface area contributed by atoms with Crippen molar-refractivity contribution in [3.63, 3.8) is 0 Å². The molecule has 0 heterocycles. The lowest BCUT2D eigenvalue weighted by molar-refractivity contribution is 0.0955. The van der Waals surface area contributed by atoms with E-state index in [-0.39, 0.29) is 11.7 Å². The van der Waals surface area contributed by atoms with E-state index in [4.69, 9.17) is 16.3 Å². The number of nitrogens with one attached hydrogen (secondary N) is 1. The van der Waals surface area contributed by atoms with E-state index in [0.717, 1.165) is 0 Å². The van der Waals surface area contributed by atoms with Crippen molar-refractivity contribution in [2.75, 3.05) is 6.61 Å². The summed E-state index contributed by atoms with van der Waals surface area (Å²) in [5.41, 5.74) is 3.60. The third kappa shape index (κ3) is 4.84. The molecule has 0 radical (unpaired) electrons. The normalized spacial score (nSPS) is 10.7. The van der Waals surface area contributed by atoms with Crippen LogP contribution < -0.4 is 10.2 Å². The molecular formula is C16H14ClIN2O3. The summed E-state index contributed by atoms with van der Waals surface area (Å²) in [4.78, 5) is 11.9. The van der Waals surface area contributed by atoms with Gasteiger partial charge in [0.1, 0.15) is 0 Å². The summed E-state index contributed by atoms with van der Waals surface area (Å²) in [6.07, 6.45) is 1.48. The van der Waals surface area contributed by atoms with Gasteiger partial charge in [0.25, 0.3) is 5.91 Å². The number of rotatable bonds is 5. The van der Waals surface area contributed by atoms with Crippen molar-refractivity contribution in [1.29, 1.82) is 0 Å². The monoisotopic (exact) mass is 444 g/mol. The first-order valence-electron chi connectivity index (χ1n) is 6.75. The SMILES string of the molecule is CCOc1cc(C=NNC(=O)c2ccc(Cl)cc2)cc(I)c1O. The zero-order chi connectivity index (χ0) is 16.8. The van der Waals surface area contributed by atoms with Crippen LogP contribution in [0.2, 0.25) is 5.02 Å². The quantitative estimate of drug-likeness (QED) is 0.418. The molecule has 0 saturated heterocycles. The number of hydrazone groups is 1. The first kappa shape index (κ1) is 17.6. The number of amides is 1. The molecule has 5 nitrogen and oxygen atoms in total. The van der Waals surface area contributed by atoms with Crippen molar-refractivity contribution in [1.82, 2.24) is 5.43 Å². The molecule has 0 atom stereocenters. The van der Waals surface area contributed by atoms with Gasteiger partial charge < -0.3 is 9.84 Å². The van der Waals surface area contributed by atoms with Crippen molar-refractivity contribution in [2.24, 2.45) is 5.10 Å². The molecule has 2 aromatic carbocycles. The molecule has 7 heteroatoms. The highest BCUT2D eigenvalue weighted by Crippen LogP contribution is 2.32. The number of ether oxygens (including phenoxy) is 1. The lowest BCUT2D eigenvalue weighted by Gasteiger charge is -2.08. The van der Waals surface area contributed by atoms with Gasteiger partial charge in [-0.25, -0.2) is 5.43 Å². The summed E-state index contributed by atoms with van der Waals surface area (Å²) in [6.45, 7) is 2.27. The standard InChI is InChI=1S/C16H14ClIN2O3/c1-2-23-14-8-10(7-13(18)15(14)21)9-19-20-16(22)11-3-5-12(17)6-4-11/h3-9,21H,2H2,1H3,(H,20,22). The Labute approximate surface area is 152 Å². The number of carbonyl (C=O) groups is 1. The van der Waals surface area contributed by atoms with E-state index < -0.39 is 0 Å². The van der Waals surface area contributed by atoms with E-state index in [1.165, 1.54) is 6.21 Å². The lowest BCUT2D eigenvalue weighted by atomic mass is 10.2. The molecule has 0 unspecified atom stereocenters. The maximum Gasteiger partial charge on any atom is 0.271 e. The molecule has 23 heavy (non-hydrogen) atoms. The van der Waals surface area contributed by atoms with Crippen LogP contribution in [0.1, 0.15) is 22.8 Å². The molecule has 2 N–H and O–H groups in total. The molecule has 0 aromatic heterocycles. The van der Waals surface area contributed by atoms with E-state index in [0.29, 0.717) is 32.1 Å². The van der Waals surface area contributed by atoms with Crippen LogP contribution in [0.15, 0.2) is 41.5 Å². The number of benzene rings is 2. The lowest BCUT2D eigenvalue weighted by Crippen LogP contribution is -2.17. The minimum absolute atomic E-state index is 0.0924. The Morgan fingerprint density at radius 3 is 2.74 bits per heavy atom. The second-order valence-corrected chi connectivity index (χ2v) is 6.09. The fraction of sp³-hybridized carbons (Fsp3) is 0.125. The Hall–Kier alpha value is -1.80. The van der Waals surface area contributed by atoms with Crippen molar-refractivity contribution >= 4 is 46.3 Å². The van der Waals surface area contributed by atoms with Gasteiger partial charge in [0.2, 0.25) is 0 Å². The molecular weight excluding hydrogens is 431 g/mol. The van der Waals surface area contributed by atoms with E-state index >= 15 is 0 Å². The summed E-state index contributed by atoms with van der Waals surface area (Å²) >= 11 is 7.78. The number of aromatic hydroxyl groups is 1. The van der Waals surface area contributed by atoms with Gasteiger partial charge in [-0.2, -0.15) is 5.10 Å². The number of hydrogen-bond acceptors (Lipinski definition) is 4. The van der Waals surface area contributed by atoms with Crippen LogP contribution in [0.4, 0.5) is 0 Å². The van der Waals surface area contributed by atoms with Gasteiger partial charge in [-0.05, 0) is 71.5 Å². The highest BCUT2D eigenvalue weighted by molar-refractivity contribution is 14.1. The Morgan fingerprint density at radius 2 is 2.09 bits per heavy atom. The number of hydrogen-bond donors (Lipinski definition) is 2. The molecule has 0 bridgehead atoms. The summed E-state index contributed by atoms with van der Waals surface area (Å²) in [6, 6.07) is 9.89. The number of phenols is 1. The largest absolute Gasteiger partial charge is 0.504 e. The van der Waals surface area contributed by atoms with Crippen molar-refractivity contribution in [3.8, 4) is 11.5 Å². The summed E-state index contributed by atoms with van der Waals surface area (Å²) in [7, 11) is 0. The Kier molecular flexibility index (Phi) is 6.23. The van der Waals surface area contributed by atoms with Gasteiger partial charge in [0.15, 0.2) is 11.5 Å². The number of phenolic OH excluding ortho intramolecular Hbond substituents is 1. The number of nitrogens with zero attached hydrogens (tertiary/aromatic N) is 1. The van der Waals surface area contributed by atoms with Gasteiger partial charge >= 0.3 is 0 Å². The van der Waals surface area contributed by atoms with Gasteiger partial charge in [-0.15, -0.1) is 0 Å². The zero-order valence-electron chi connectivity index (χ0n) is 12.2. The topological polar surface area (TPSA) is 70.9 Å². The molecule has 0 aliphatic carbocycles. The minimum Gasteiger partial charge on any atom is -0.504 e. The Balaban J connectivity index is 2.08. The predicted molar refractivity (Wildman–Crippen MR) is 98.5 cm³/mol. The minimum atomic E-state index is -0.337. The first-order chi connectivity index (χ1) is 11.0. The van der Waals surface area contributed by atoms with Crippen LogP contribution in [0.5, 0.6) is 11.5 Å². The van der Waals surface area contributed by atoms with E-state index in [2.05, 4.69) is 10.5 Å². The molecule has 2 aromatic rings. The highest BCUT2D eigenvalue weighted by atomic mass is 127. The van der Waals surface area contributed by atoms with E-state index in [1.807, 2.05) is 29.5 Å². The van der Waals surface area contributed by atoms with Crippen LogP contribution in [-0.4, -0.2) is 23.8 Å². The van der Waals surface area contributed by atoms with E-state index in [1.54, 1.807) is 36.4 Å². The summed E-state index contributed by atoms with van der Waals surface area (Å²) in [5.74, 6) is 0.135. The molecule has 120 valence electrons. The molecule has 0 aliphatic heterocycles. The van der Waals surface area contributed by atoms with Crippen molar-refractivity contribution < 1.29 is 14.6 Å². The van der Waals surface area contributed by atoms with Gasteiger partial charge in [-0.1, -0.05) is 11.6 Å². The van der Waals surface area contributed by atoms with Crippen LogP contribution in [0, 0.1) is 3.57 Å². The molecule has 0 aliphatic rings. The van der Waals surface area contributed by atoms with Gasteiger partial charge in [0.05, 0.1) is 16.4 Å². The van der Waals surface area contributed by atoms with E-state index in [9.17, 15) is 9.90 Å². The Morgan fingerprint density at radius 1 is 1.39 bits per heavy atom. The molecule has 0 fully saturated rings. The fourth-order valence-corrected chi connectivity index (χ4v) is 2.52. The number of carbonyl (C=O) groups excluding carboxylic acids is 1. The molecule has 1 amide bonds. The van der Waals surface area contributed by atoms with Gasteiger partial charge in [-0.3, -0.25) is 4.79 Å². The number of halogens is 2.